The van der Waals surface area contributed by atoms with Crippen molar-refractivity contribution in [3.8, 4) is 11.1 Å². The standard InChI is InChI=1S/C20H12ClF5N4O2/c21-14-5-11(10-2-1-8(22)3-16(10)27)15(23)6-12(14)19(32)30-9-4-13(20(24,25)26)17(18(28)31)29-7-9/h1-7H,27H2,(H2,28,31)(H,30,32). The number of carbonyl (C=O) groups excluding carboxylic acids is 2. The number of alkyl halides is 3. The van der Waals surface area contributed by atoms with Crippen LogP contribution < -0.4 is 16.8 Å². The number of halogens is 6. The minimum Gasteiger partial charge on any atom is -0.398 e. The monoisotopic (exact) mass is 470 g/mol. The van der Waals surface area contributed by atoms with Gasteiger partial charge in [0, 0.05) is 16.8 Å². The van der Waals surface area contributed by atoms with Gasteiger partial charge in [-0.15, -0.1) is 0 Å². The Labute approximate surface area is 182 Å². The molecule has 5 N–H and O–H groups in total. The fourth-order valence-corrected chi connectivity index (χ4v) is 3.10. The number of aromatic nitrogens is 1. The highest BCUT2D eigenvalue weighted by molar-refractivity contribution is 6.34. The normalized spacial score (nSPS) is 11.3. The minimum absolute atomic E-state index is 0.0718. The number of pyridine rings is 1. The third-order valence-corrected chi connectivity index (χ3v) is 4.60. The van der Waals surface area contributed by atoms with Crippen molar-refractivity contribution in [3.63, 3.8) is 0 Å². The van der Waals surface area contributed by atoms with Gasteiger partial charge in [-0.25, -0.2) is 13.8 Å². The molecule has 0 fully saturated rings. The maximum atomic E-state index is 14.7. The van der Waals surface area contributed by atoms with Gasteiger partial charge in [-0.05, 0) is 36.4 Å². The van der Waals surface area contributed by atoms with Gasteiger partial charge in [0.05, 0.1) is 28.0 Å². The zero-order valence-electron chi connectivity index (χ0n) is 15.7. The number of nitrogens with one attached hydrogen (secondary N) is 1. The summed E-state index contributed by atoms with van der Waals surface area (Å²) in [5, 5.41) is 1.85. The third kappa shape index (κ3) is 4.62. The van der Waals surface area contributed by atoms with Crippen LogP contribution in [0, 0.1) is 11.6 Å². The number of primary amides is 1. The molecule has 3 aromatic rings. The van der Waals surface area contributed by atoms with E-state index in [0.717, 1.165) is 30.5 Å². The van der Waals surface area contributed by atoms with Gasteiger partial charge in [-0.2, -0.15) is 13.2 Å². The number of anilines is 2. The Kier molecular flexibility index (Phi) is 6.04. The summed E-state index contributed by atoms with van der Waals surface area (Å²) in [5.74, 6) is -4.02. The van der Waals surface area contributed by atoms with Crippen molar-refractivity contribution in [1.82, 2.24) is 4.98 Å². The summed E-state index contributed by atoms with van der Waals surface area (Å²) >= 11 is 6.07. The SMILES string of the molecule is NC(=O)c1ncc(NC(=O)c2cc(F)c(-c3ccc(F)cc3N)cc2Cl)cc1C(F)(F)F. The molecule has 0 spiro atoms. The summed E-state index contributed by atoms with van der Waals surface area (Å²) in [6.07, 6.45) is -4.19. The molecule has 0 aliphatic carbocycles. The van der Waals surface area contributed by atoms with Crippen molar-refractivity contribution in [2.45, 2.75) is 6.18 Å². The highest BCUT2D eigenvalue weighted by Crippen LogP contribution is 2.34. The van der Waals surface area contributed by atoms with Crippen molar-refractivity contribution >= 4 is 34.8 Å². The third-order valence-electron chi connectivity index (χ3n) is 4.29. The summed E-state index contributed by atoms with van der Waals surface area (Å²) < 4.78 is 67.4. The highest BCUT2D eigenvalue weighted by atomic mass is 35.5. The Balaban J connectivity index is 1.95. The van der Waals surface area contributed by atoms with Crippen molar-refractivity contribution in [2.75, 3.05) is 11.1 Å². The van der Waals surface area contributed by atoms with Gasteiger partial charge in [-0.3, -0.25) is 9.59 Å². The quantitative estimate of drug-likeness (QED) is 0.381. The molecule has 0 aliphatic rings. The molecule has 1 aromatic heterocycles. The molecule has 32 heavy (non-hydrogen) atoms. The number of nitrogens with two attached hydrogens (primary N) is 2. The number of carbonyl (C=O) groups is 2. The molecule has 0 atom stereocenters. The summed E-state index contributed by atoms with van der Waals surface area (Å²) in [6.45, 7) is 0. The summed E-state index contributed by atoms with van der Waals surface area (Å²) in [7, 11) is 0. The topological polar surface area (TPSA) is 111 Å². The van der Waals surface area contributed by atoms with E-state index in [4.69, 9.17) is 23.1 Å². The molecule has 2 amide bonds. The van der Waals surface area contributed by atoms with E-state index in [-0.39, 0.29) is 21.8 Å². The van der Waals surface area contributed by atoms with Crippen LogP contribution in [0.2, 0.25) is 5.02 Å². The second-order valence-electron chi connectivity index (χ2n) is 6.48. The molecule has 6 nitrogen and oxygen atoms in total. The number of amides is 2. The van der Waals surface area contributed by atoms with E-state index in [2.05, 4.69) is 10.3 Å². The molecule has 0 radical (unpaired) electrons. The zero-order chi connectivity index (χ0) is 23.8. The van der Waals surface area contributed by atoms with E-state index in [0.29, 0.717) is 6.07 Å². The minimum atomic E-state index is -4.97. The molecule has 3 rings (SSSR count). The van der Waals surface area contributed by atoms with Crippen LogP contribution in [-0.2, 0) is 6.18 Å². The van der Waals surface area contributed by atoms with Crippen LogP contribution in [0.1, 0.15) is 26.4 Å². The first kappa shape index (κ1) is 22.9. The van der Waals surface area contributed by atoms with Gasteiger partial charge < -0.3 is 16.8 Å². The lowest BCUT2D eigenvalue weighted by Crippen LogP contribution is -2.22. The Bertz CT molecular complexity index is 1250. The molecular weight excluding hydrogens is 459 g/mol. The van der Waals surface area contributed by atoms with Crippen molar-refractivity contribution in [2.24, 2.45) is 5.73 Å². The Morgan fingerprint density at radius 2 is 1.72 bits per heavy atom. The van der Waals surface area contributed by atoms with E-state index < -0.39 is 52.1 Å². The van der Waals surface area contributed by atoms with E-state index >= 15 is 0 Å². The van der Waals surface area contributed by atoms with Gasteiger partial charge >= 0.3 is 6.18 Å². The predicted octanol–water partition coefficient (Wildman–Crippen LogP) is 4.63. The lowest BCUT2D eigenvalue weighted by atomic mass is 10.0. The van der Waals surface area contributed by atoms with E-state index in [1.165, 1.54) is 6.07 Å². The molecule has 0 bridgehead atoms. The lowest BCUT2D eigenvalue weighted by Gasteiger charge is -2.14. The number of hydrogen-bond acceptors (Lipinski definition) is 4. The molecule has 166 valence electrons. The van der Waals surface area contributed by atoms with Gasteiger partial charge in [0.25, 0.3) is 11.8 Å². The average Bonchev–Trinajstić information content (AvgIpc) is 2.69. The maximum absolute atomic E-state index is 14.7. The van der Waals surface area contributed by atoms with Gasteiger partial charge in [0.2, 0.25) is 0 Å². The average molecular weight is 471 g/mol. The molecule has 0 saturated carbocycles. The number of hydrogen-bond donors (Lipinski definition) is 3. The first-order chi connectivity index (χ1) is 14.9. The largest absolute Gasteiger partial charge is 0.418 e. The van der Waals surface area contributed by atoms with E-state index in [9.17, 15) is 31.5 Å². The molecule has 2 aromatic carbocycles. The smallest absolute Gasteiger partial charge is 0.398 e. The molecule has 0 saturated heterocycles. The first-order valence-corrected chi connectivity index (χ1v) is 8.99. The van der Waals surface area contributed by atoms with E-state index in [1.807, 2.05) is 0 Å². The molecule has 0 aliphatic heterocycles. The van der Waals surface area contributed by atoms with Gasteiger partial charge in [-0.1, -0.05) is 11.6 Å². The Hall–Kier alpha value is -3.73. The van der Waals surface area contributed by atoms with Crippen LogP contribution in [0.3, 0.4) is 0 Å². The van der Waals surface area contributed by atoms with Crippen LogP contribution in [0.15, 0.2) is 42.6 Å². The second kappa shape index (κ2) is 8.42. The van der Waals surface area contributed by atoms with Crippen molar-refractivity contribution in [3.05, 3.63) is 76.1 Å². The van der Waals surface area contributed by atoms with Gasteiger partial charge in [0.1, 0.15) is 17.3 Å². The van der Waals surface area contributed by atoms with Crippen molar-refractivity contribution < 1.29 is 31.5 Å². The van der Waals surface area contributed by atoms with Crippen LogP contribution >= 0.6 is 11.6 Å². The van der Waals surface area contributed by atoms with Crippen LogP contribution in [-0.4, -0.2) is 16.8 Å². The number of benzene rings is 2. The first-order valence-electron chi connectivity index (χ1n) is 8.61. The molecule has 0 unspecified atom stereocenters. The Morgan fingerprint density at radius 3 is 2.31 bits per heavy atom. The van der Waals surface area contributed by atoms with Gasteiger partial charge in [0.15, 0.2) is 0 Å². The second-order valence-corrected chi connectivity index (χ2v) is 6.89. The summed E-state index contributed by atoms with van der Waals surface area (Å²) in [4.78, 5) is 27.0. The highest BCUT2D eigenvalue weighted by Gasteiger charge is 2.36. The van der Waals surface area contributed by atoms with Crippen LogP contribution in [0.4, 0.5) is 33.3 Å². The lowest BCUT2D eigenvalue weighted by molar-refractivity contribution is -0.138. The fraction of sp³-hybridized carbons (Fsp3) is 0.0500. The Morgan fingerprint density at radius 1 is 1.03 bits per heavy atom. The van der Waals surface area contributed by atoms with Crippen molar-refractivity contribution in [1.29, 1.82) is 0 Å². The summed E-state index contributed by atoms with van der Waals surface area (Å²) in [6, 6.07) is 5.55. The maximum Gasteiger partial charge on any atom is 0.418 e. The van der Waals surface area contributed by atoms with Crippen LogP contribution in [0.5, 0.6) is 0 Å². The number of nitrogen functional groups attached to an aromatic ring is 1. The molecule has 1 heterocycles. The summed E-state index contributed by atoms with van der Waals surface area (Å²) in [5.41, 5.74) is 7.21. The molecular formula is C20H12ClF5N4O2. The van der Waals surface area contributed by atoms with E-state index in [1.54, 1.807) is 0 Å². The molecule has 12 heteroatoms. The number of rotatable bonds is 4. The predicted molar refractivity (Wildman–Crippen MR) is 107 cm³/mol. The number of nitrogens with zero attached hydrogens (tertiary/aromatic N) is 1. The van der Waals surface area contributed by atoms with Crippen LogP contribution in [0.25, 0.3) is 11.1 Å². The fourth-order valence-electron chi connectivity index (χ4n) is 2.85. The zero-order valence-corrected chi connectivity index (χ0v) is 16.5.